The van der Waals surface area contributed by atoms with Gasteiger partial charge in [0, 0.05) is 18.1 Å². The zero-order chi connectivity index (χ0) is 18.4. The van der Waals surface area contributed by atoms with E-state index in [4.69, 9.17) is 4.74 Å². The smallest absolute Gasteiger partial charge is 0.328 e. The second-order valence-electron chi connectivity index (χ2n) is 5.26. The molecule has 0 aliphatic rings. The summed E-state index contributed by atoms with van der Waals surface area (Å²) in [5.74, 6) is -2.55. The van der Waals surface area contributed by atoms with Gasteiger partial charge in [-0.15, -0.1) is 0 Å². The van der Waals surface area contributed by atoms with Crippen molar-refractivity contribution in [2.75, 3.05) is 14.2 Å². The lowest BCUT2D eigenvalue weighted by molar-refractivity contribution is -0.142. The topological polar surface area (TPSA) is 64.6 Å². The summed E-state index contributed by atoms with van der Waals surface area (Å²) in [6, 6.07) is 8.34. The Morgan fingerprint density at radius 2 is 1.64 bits per heavy atom. The molecule has 0 aliphatic carbocycles. The molecule has 132 valence electrons. The fourth-order valence-corrected chi connectivity index (χ4v) is 2.26. The fraction of sp³-hybridized carbons (Fsp3) is 0.222. The normalized spacial score (nSPS) is 11.5. The van der Waals surface area contributed by atoms with Crippen molar-refractivity contribution in [1.29, 1.82) is 0 Å². The third-order valence-corrected chi connectivity index (χ3v) is 3.51. The van der Waals surface area contributed by atoms with Crippen molar-refractivity contribution in [2.24, 2.45) is 0 Å². The molecule has 0 spiro atoms. The molecule has 25 heavy (non-hydrogen) atoms. The van der Waals surface area contributed by atoms with Crippen LogP contribution in [-0.2, 0) is 16.0 Å². The van der Waals surface area contributed by atoms with E-state index in [-0.39, 0.29) is 12.0 Å². The number of benzene rings is 2. The van der Waals surface area contributed by atoms with Crippen LogP contribution in [0.15, 0.2) is 42.5 Å². The number of hydrogen-bond acceptors (Lipinski definition) is 4. The number of halogens is 2. The van der Waals surface area contributed by atoms with Gasteiger partial charge in [-0.05, 0) is 29.8 Å². The van der Waals surface area contributed by atoms with Gasteiger partial charge in [-0.3, -0.25) is 4.79 Å². The Morgan fingerprint density at radius 1 is 1.04 bits per heavy atom. The molecule has 0 bridgehead atoms. The average molecular weight is 349 g/mol. The molecule has 1 amide bonds. The summed E-state index contributed by atoms with van der Waals surface area (Å²) in [6.45, 7) is 0. The third kappa shape index (κ3) is 5.00. The summed E-state index contributed by atoms with van der Waals surface area (Å²) in [5.41, 5.74) is 0.531. The van der Waals surface area contributed by atoms with Crippen LogP contribution in [0.5, 0.6) is 5.75 Å². The summed E-state index contributed by atoms with van der Waals surface area (Å²) >= 11 is 0. The monoisotopic (exact) mass is 349 g/mol. The van der Waals surface area contributed by atoms with Crippen molar-refractivity contribution in [1.82, 2.24) is 5.32 Å². The van der Waals surface area contributed by atoms with Crippen LogP contribution >= 0.6 is 0 Å². The van der Waals surface area contributed by atoms with Crippen molar-refractivity contribution in [3.05, 3.63) is 65.2 Å². The second-order valence-corrected chi connectivity index (χ2v) is 5.26. The minimum atomic E-state index is -1.00. The van der Waals surface area contributed by atoms with E-state index in [2.05, 4.69) is 10.1 Å². The first kappa shape index (κ1) is 18.4. The standard InChI is InChI=1S/C18H17F2NO4/c1-24-15-5-3-11(4-6-15)7-16(18(23)25-2)21-17(22)12-8-13(19)10-14(20)9-12/h3-6,8-10,16H,7H2,1-2H3,(H,21,22)/t16-/m0/s1. The zero-order valence-corrected chi connectivity index (χ0v) is 13.7. The van der Waals surface area contributed by atoms with Gasteiger partial charge >= 0.3 is 5.97 Å². The first-order chi connectivity index (χ1) is 11.9. The number of esters is 1. The SMILES string of the molecule is COC(=O)[C@H](Cc1ccc(OC)cc1)NC(=O)c1cc(F)cc(F)c1. The third-order valence-electron chi connectivity index (χ3n) is 3.51. The van der Waals surface area contributed by atoms with Crippen molar-refractivity contribution >= 4 is 11.9 Å². The van der Waals surface area contributed by atoms with Gasteiger partial charge in [0.05, 0.1) is 14.2 Å². The molecule has 1 atom stereocenters. The van der Waals surface area contributed by atoms with Crippen molar-refractivity contribution in [3.8, 4) is 5.75 Å². The van der Waals surface area contributed by atoms with Gasteiger partial charge in [-0.1, -0.05) is 12.1 Å². The van der Waals surface area contributed by atoms with Crippen molar-refractivity contribution in [2.45, 2.75) is 12.5 Å². The first-order valence-electron chi connectivity index (χ1n) is 7.40. The van der Waals surface area contributed by atoms with Gasteiger partial charge in [-0.2, -0.15) is 0 Å². The number of hydrogen-bond donors (Lipinski definition) is 1. The Morgan fingerprint density at radius 3 is 2.16 bits per heavy atom. The molecule has 0 radical (unpaired) electrons. The molecule has 0 heterocycles. The maximum atomic E-state index is 13.2. The minimum absolute atomic E-state index is 0.153. The summed E-state index contributed by atoms with van der Waals surface area (Å²) < 4.78 is 36.2. The summed E-state index contributed by atoms with van der Waals surface area (Å²) in [4.78, 5) is 24.1. The molecule has 1 N–H and O–H groups in total. The average Bonchev–Trinajstić information content (AvgIpc) is 2.60. The molecular formula is C18H17F2NO4. The lowest BCUT2D eigenvalue weighted by atomic mass is 10.0. The Balaban J connectivity index is 2.16. The Hall–Kier alpha value is -2.96. The highest BCUT2D eigenvalue weighted by molar-refractivity contribution is 5.96. The van der Waals surface area contributed by atoms with Crippen LogP contribution in [0.4, 0.5) is 8.78 Å². The number of rotatable bonds is 6. The van der Waals surface area contributed by atoms with Gasteiger partial charge in [0.25, 0.3) is 5.91 Å². The molecule has 2 aromatic carbocycles. The van der Waals surface area contributed by atoms with Gasteiger partial charge < -0.3 is 14.8 Å². The number of carbonyl (C=O) groups is 2. The molecule has 2 rings (SSSR count). The van der Waals surface area contributed by atoms with Gasteiger partial charge in [0.15, 0.2) is 0 Å². The summed E-state index contributed by atoms with van der Waals surface area (Å²) in [7, 11) is 2.72. The predicted molar refractivity (Wildman–Crippen MR) is 86.3 cm³/mol. The van der Waals surface area contributed by atoms with E-state index in [1.807, 2.05) is 0 Å². The highest BCUT2D eigenvalue weighted by Crippen LogP contribution is 2.14. The van der Waals surface area contributed by atoms with Gasteiger partial charge in [-0.25, -0.2) is 13.6 Å². The molecule has 0 aliphatic heterocycles. The number of ether oxygens (including phenoxy) is 2. The summed E-state index contributed by atoms with van der Waals surface area (Å²) in [6.07, 6.45) is 0.153. The number of nitrogens with one attached hydrogen (secondary N) is 1. The molecule has 0 fully saturated rings. The molecule has 0 saturated heterocycles. The maximum absolute atomic E-state index is 13.2. The van der Waals surface area contributed by atoms with Gasteiger partial charge in [0.2, 0.25) is 0 Å². The van der Waals surface area contributed by atoms with E-state index in [9.17, 15) is 18.4 Å². The van der Waals surface area contributed by atoms with Crippen LogP contribution in [0.25, 0.3) is 0 Å². The van der Waals surface area contributed by atoms with Crippen LogP contribution < -0.4 is 10.1 Å². The molecule has 0 aromatic heterocycles. The van der Waals surface area contributed by atoms with E-state index >= 15 is 0 Å². The molecule has 7 heteroatoms. The van der Waals surface area contributed by atoms with Crippen molar-refractivity contribution < 1.29 is 27.8 Å². The van der Waals surface area contributed by atoms with E-state index < -0.39 is 29.6 Å². The highest BCUT2D eigenvalue weighted by atomic mass is 19.1. The number of carbonyl (C=O) groups excluding carboxylic acids is 2. The lowest BCUT2D eigenvalue weighted by Gasteiger charge is -2.17. The van der Waals surface area contributed by atoms with Crippen LogP contribution in [0, 0.1) is 11.6 Å². The Labute approximate surface area is 143 Å². The summed E-state index contributed by atoms with van der Waals surface area (Å²) in [5, 5.41) is 2.44. The number of methoxy groups -OCH3 is 2. The van der Waals surface area contributed by atoms with E-state index in [0.29, 0.717) is 11.8 Å². The van der Waals surface area contributed by atoms with Crippen LogP contribution in [0.2, 0.25) is 0 Å². The highest BCUT2D eigenvalue weighted by Gasteiger charge is 2.23. The van der Waals surface area contributed by atoms with E-state index in [1.165, 1.54) is 14.2 Å². The van der Waals surface area contributed by atoms with Crippen LogP contribution in [-0.4, -0.2) is 32.1 Å². The quantitative estimate of drug-likeness (QED) is 0.814. The fourth-order valence-electron chi connectivity index (χ4n) is 2.26. The van der Waals surface area contributed by atoms with E-state index in [1.54, 1.807) is 24.3 Å². The van der Waals surface area contributed by atoms with E-state index in [0.717, 1.165) is 17.7 Å². The molecule has 2 aromatic rings. The molecule has 5 nitrogen and oxygen atoms in total. The first-order valence-corrected chi connectivity index (χ1v) is 7.40. The Kier molecular flexibility index (Phi) is 6.05. The Bertz CT molecular complexity index is 742. The lowest BCUT2D eigenvalue weighted by Crippen LogP contribution is -2.43. The zero-order valence-electron chi connectivity index (χ0n) is 13.7. The molecule has 0 unspecified atom stereocenters. The minimum Gasteiger partial charge on any atom is -0.497 e. The maximum Gasteiger partial charge on any atom is 0.328 e. The van der Waals surface area contributed by atoms with Crippen LogP contribution in [0.3, 0.4) is 0 Å². The van der Waals surface area contributed by atoms with Crippen LogP contribution in [0.1, 0.15) is 15.9 Å². The molecular weight excluding hydrogens is 332 g/mol. The predicted octanol–water partition coefficient (Wildman–Crippen LogP) is 2.49. The second kappa shape index (κ2) is 8.23. The largest absolute Gasteiger partial charge is 0.497 e. The number of amides is 1. The van der Waals surface area contributed by atoms with Crippen molar-refractivity contribution in [3.63, 3.8) is 0 Å². The van der Waals surface area contributed by atoms with Gasteiger partial charge in [0.1, 0.15) is 23.4 Å². The molecule has 0 saturated carbocycles.